The van der Waals surface area contributed by atoms with Gasteiger partial charge in [0.25, 0.3) is 0 Å². The highest BCUT2D eigenvalue weighted by atomic mass is 35.5. The molecule has 1 aromatic heterocycles. The molecule has 0 atom stereocenters. The lowest BCUT2D eigenvalue weighted by Crippen LogP contribution is -2.40. The number of likely N-dealkylation sites (tertiary alicyclic amines) is 1. The minimum absolute atomic E-state index is 0.0181. The van der Waals surface area contributed by atoms with E-state index in [-0.39, 0.29) is 18.4 Å². The first-order chi connectivity index (χ1) is 14.2. The number of halogens is 1. The average Bonchev–Trinajstić information content (AvgIpc) is 3.25. The predicted molar refractivity (Wildman–Crippen MR) is 109 cm³/mol. The van der Waals surface area contributed by atoms with Gasteiger partial charge >= 0.3 is 0 Å². The monoisotopic (exact) mass is 411 g/mol. The number of ether oxygens (including phenoxy) is 1. The van der Waals surface area contributed by atoms with E-state index in [1.165, 1.54) is 0 Å². The highest BCUT2D eigenvalue weighted by Gasteiger charge is 2.27. The molecule has 6 nitrogen and oxygen atoms in total. The molecule has 0 N–H and O–H groups in total. The molecule has 1 aliphatic rings. The number of piperidine rings is 1. The fraction of sp³-hybridized carbons (Fsp3) is 0.318. The van der Waals surface area contributed by atoms with Crippen molar-refractivity contribution in [2.24, 2.45) is 0 Å². The number of carbonyl (C=O) groups excluding carboxylic acids is 1. The van der Waals surface area contributed by atoms with Crippen LogP contribution < -0.4 is 0 Å². The summed E-state index contributed by atoms with van der Waals surface area (Å²) < 4.78 is 11.0. The smallest absolute Gasteiger partial charge is 0.248 e. The molecule has 1 amide bonds. The minimum Gasteiger partial charge on any atom is -0.367 e. The van der Waals surface area contributed by atoms with E-state index in [4.69, 9.17) is 20.9 Å². The molecule has 0 saturated carbocycles. The normalized spacial score (nSPS) is 14.9. The van der Waals surface area contributed by atoms with Gasteiger partial charge in [0.1, 0.15) is 6.61 Å². The topological polar surface area (TPSA) is 68.5 Å². The molecule has 0 radical (unpaired) electrons. The second kappa shape index (κ2) is 9.20. The molecule has 1 fully saturated rings. The van der Waals surface area contributed by atoms with Crippen LogP contribution in [0.1, 0.15) is 30.2 Å². The third kappa shape index (κ3) is 5.02. The Kier molecular flexibility index (Phi) is 6.22. The average molecular weight is 412 g/mol. The van der Waals surface area contributed by atoms with E-state index in [2.05, 4.69) is 10.1 Å². The number of rotatable bonds is 6. The number of aromatic nitrogens is 2. The molecule has 0 aliphatic carbocycles. The maximum absolute atomic E-state index is 12.4. The minimum atomic E-state index is 0.0181. The predicted octanol–water partition coefficient (Wildman–Crippen LogP) is 4.31. The molecule has 2 aromatic carbocycles. The van der Waals surface area contributed by atoms with Crippen molar-refractivity contribution < 1.29 is 14.1 Å². The highest BCUT2D eigenvalue weighted by Crippen LogP contribution is 2.29. The van der Waals surface area contributed by atoms with Crippen molar-refractivity contribution in [3.63, 3.8) is 0 Å². The molecular formula is C22H22ClN3O3. The van der Waals surface area contributed by atoms with Crippen LogP contribution in [0, 0.1) is 0 Å². The number of carbonyl (C=O) groups is 1. The number of amides is 1. The van der Waals surface area contributed by atoms with Crippen molar-refractivity contribution >= 4 is 17.5 Å². The molecule has 0 unspecified atom stereocenters. The summed E-state index contributed by atoms with van der Waals surface area (Å²) in [7, 11) is 0. The fourth-order valence-electron chi connectivity index (χ4n) is 3.44. The lowest BCUT2D eigenvalue weighted by atomic mass is 9.97. The van der Waals surface area contributed by atoms with E-state index < -0.39 is 0 Å². The van der Waals surface area contributed by atoms with Crippen LogP contribution in [0.4, 0.5) is 0 Å². The van der Waals surface area contributed by atoms with Crippen molar-refractivity contribution in [3.05, 3.63) is 71.1 Å². The largest absolute Gasteiger partial charge is 0.367 e. The van der Waals surface area contributed by atoms with E-state index in [0.29, 0.717) is 36.4 Å². The first-order valence-electron chi connectivity index (χ1n) is 9.68. The molecule has 0 spiro atoms. The van der Waals surface area contributed by atoms with Crippen LogP contribution in [-0.4, -0.2) is 40.6 Å². The molecule has 3 aromatic rings. The Labute approximate surface area is 174 Å². The summed E-state index contributed by atoms with van der Waals surface area (Å²) in [5.41, 5.74) is 1.89. The van der Waals surface area contributed by atoms with Crippen LogP contribution in [0.2, 0.25) is 5.02 Å². The Bertz CT molecular complexity index is 953. The van der Waals surface area contributed by atoms with Crippen LogP contribution in [0.25, 0.3) is 11.4 Å². The van der Waals surface area contributed by atoms with E-state index >= 15 is 0 Å². The Balaban J connectivity index is 1.26. The third-order valence-corrected chi connectivity index (χ3v) is 5.29. The molecule has 7 heteroatoms. The molecule has 4 rings (SSSR count). The van der Waals surface area contributed by atoms with Crippen molar-refractivity contribution in [2.75, 3.05) is 19.7 Å². The van der Waals surface area contributed by atoms with E-state index in [1.807, 2.05) is 59.5 Å². The van der Waals surface area contributed by atoms with E-state index in [0.717, 1.165) is 24.0 Å². The van der Waals surface area contributed by atoms with Gasteiger partial charge in [0.2, 0.25) is 17.6 Å². The fourth-order valence-corrected chi connectivity index (χ4v) is 3.63. The van der Waals surface area contributed by atoms with Crippen LogP contribution in [0.3, 0.4) is 0 Å². The second-order valence-electron chi connectivity index (χ2n) is 7.10. The summed E-state index contributed by atoms with van der Waals surface area (Å²) in [6.45, 7) is 1.86. The first kappa shape index (κ1) is 19.6. The summed E-state index contributed by atoms with van der Waals surface area (Å²) in [5, 5.41) is 4.72. The van der Waals surface area contributed by atoms with Gasteiger partial charge in [-0.05, 0) is 30.5 Å². The van der Waals surface area contributed by atoms with E-state index in [1.54, 1.807) is 0 Å². The summed E-state index contributed by atoms with van der Waals surface area (Å²) in [6.07, 6.45) is 1.59. The van der Waals surface area contributed by atoms with E-state index in [9.17, 15) is 4.79 Å². The van der Waals surface area contributed by atoms with Crippen LogP contribution in [0.5, 0.6) is 0 Å². The maximum atomic E-state index is 12.4. The Morgan fingerprint density at radius 2 is 1.93 bits per heavy atom. The van der Waals surface area contributed by atoms with Crippen molar-refractivity contribution in [3.8, 4) is 11.4 Å². The van der Waals surface area contributed by atoms with Crippen LogP contribution in [0.15, 0.2) is 59.1 Å². The number of hydrogen-bond donors (Lipinski definition) is 0. The van der Waals surface area contributed by atoms with Crippen LogP contribution >= 0.6 is 11.6 Å². The number of nitrogens with zero attached hydrogens (tertiary/aromatic N) is 3. The molecule has 0 bridgehead atoms. The molecule has 29 heavy (non-hydrogen) atoms. The Hall–Kier alpha value is -2.70. The summed E-state index contributed by atoms with van der Waals surface area (Å²) >= 11 is 6.03. The molecule has 150 valence electrons. The zero-order valence-corrected chi connectivity index (χ0v) is 16.7. The maximum Gasteiger partial charge on any atom is 0.248 e. The molecular weight excluding hydrogens is 390 g/mol. The van der Waals surface area contributed by atoms with Gasteiger partial charge in [-0.2, -0.15) is 4.98 Å². The quantitative estimate of drug-likeness (QED) is 0.604. The number of benzene rings is 2. The van der Waals surface area contributed by atoms with Crippen molar-refractivity contribution in [1.82, 2.24) is 15.0 Å². The van der Waals surface area contributed by atoms with Crippen molar-refractivity contribution in [2.45, 2.75) is 25.4 Å². The third-order valence-electron chi connectivity index (χ3n) is 5.06. The van der Waals surface area contributed by atoms with Crippen molar-refractivity contribution in [1.29, 1.82) is 0 Å². The van der Waals surface area contributed by atoms with Gasteiger partial charge in [0.05, 0.1) is 6.61 Å². The molecule has 2 heterocycles. The highest BCUT2D eigenvalue weighted by molar-refractivity contribution is 6.30. The lowest BCUT2D eigenvalue weighted by molar-refractivity contribution is -0.137. The molecule has 1 aliphatic heterocycles. The van der Waals surface area contributed by atoms with Gasteiger partial charge in [-0.1, -0.05) is 59.2 Å². The molecule has 1 saturated heterocycles. The summed E-state index contributed by atoms with van der Waals surface area (Å²) in [5.74, 6) is 1.33. The van der Waals surface area contributed by atoms with Gasteiger partial charge in [0.15, 0.2) is 0 Å². The zero-order chi connectivity index (χ0) is 20.1. The van der Waals surface area contributed by atoms with Gasteiger partial charge in [-0.25, -0.2) is 0 Å². The lowest BCUT2D eigenvalue weighted by Gasteiger charge is -2.30. The SMILES string of the molecule is O=C(COCc1ccccc1)N1CCC(c2nc(-c3cccc(Cl)c3)no2)CC1. The first-order valence-corrected chi connectivity index (χ1v) is 10.1. The van der Waals surface area contributed by atoms with Crippen LogP contribution in [-0.2, 0) is 16.1 Å². The van der Waals surface area contributed by atoms with Gasteiger partial charge < -0.3 is 14.2 Å². The second-order valence-corrected chi connectivity index (χ2v) is 7.54. The Morgan fingerprint density at radius 3 is 2.69 bits per heavy atom. The summed E-state index contributed by atoms with van der Waals surface area (Å²) in [6, 6.07) is 17.2. The van der Waals surface area contributed by atoms with Gasteiger partial charge in [0, 0.05) is 29.6 Å². The summed E-state index contributed by atoms with van der Waals surface area (Å²) in [4.78, 5) is 18.8. The van der Waals surface area contributed by atoms with Gasteiger partial charge in [-0.3, -0.25) is 4.79 Å². The standard InChI is InChI=1S/C22H22ClN3O3/c23-19-8-4-7-18(13-19)21-24-22(29-25-21)17-9-11-26(12-10-17)20(27)15-28-14-16-5-2-1-3-6-16/h1-8,13,17H,9-12,14-15H2. The number of hydrogen-bond acceptors (Lipinski definition) is 5. The Morgan fingerprint density at radius 1 is 1.14 bits per heavy atom. The van der Waals surface area contributed by atoms with Gasteiger partial charge in [-0.15, -0.1) is 0 Å². The zero-order valence-electron chi connectivity index (χ0n) is 16.0.